The van der Waals surface area contributed by atoms with Crippen LogP contribution in [-0.2, 0) is 23.8 Å². The minimum atomic E-state index is -0.318. The zero-order valence-corrected chi connectivity index (χ0v) is 19.0. The highest BCUT2D eigenvalue weighted by Crippen LogP contribution is 2.66. The first-order valence-electron chi connectivity index (χ1n) is 11.0. The van der Waals surface area contributed by atoms with Crippen molar-refractivity contribution in [3.05, 3.63) is 12.7 Å². The molecule has 1 aliphatic heterocycles. The highest BCUT2D eigenvalue weighted by molar-refractivity contribution is 5.66. The third kappa shape index (κ3) is 3.75. The van der Waals surface area contributed by atoms with Crippen LogP contribution < -0.4 is 0 Å². The van der Waals surface area contributed by atoms with Gasteiger partial charge in [0.05, 0.1) is 17.8 Å². The van der Waals surface area contributed by atoms with Crippen LogP contribution >= 0.6 is 0 Å². The number of hydrogen-bond donors (Lipinski definition) is 0. The van der Waals surface area contributed by atoms with Gasteiger partial charge in [-0.2, -0.15) is 0 Å². The summed E-state index contributed by atoms with van der Waals surface area (Å²) in [6.07, 6.45) is 7.29. The van der Waals surface area contributed by atoms with Crippen molar-refractivity contribution in [2.75, 3.05) is 6.61 Å². The Hall–Kier alpha value is -1.36. The molecule has 5 nitrogen and oxygen atoms in total. The summed E-state index contributed by atoms with van der Waals surface area (Å²) in [7, 11) is 0. The van der Waals surface area contributed by atoms with E-state index in [1.165, 1.54) is 13.8 Å². The Morgan fingerprint density at radius 2 is 1.66 bits per heavy atom. The molecule has 0 N–H and O–H groups in total. The van der Waals surface area contributed by atoms with E-state index in [1.54, 1.807) is 0 Å². The van der Waals surface area contributed by atoms with Crippen LogP contribution in [0.4, 0.5) is 0 Å². The molecule has 164 valence electrons. The van der Waals surface area contributed by atoms with Gasteiger partial charge in [-0.05, 0) is 64.2 Å². The maximum absolute atomic E-state index is 12.0. The van der Waals surface area contributed by atoms with Gasteiger partial charge < -0.3 is 14.2 Å². The van der Waals surface area contributed by atoms with Crippen molar-refractivity contribution >= 4 is 11.9 Å². The van der Waals surface area contributed by atoms with E-state index in [9.17, 15) is 9.59 Å². The first-order valence-corrected chi connectivity index (χ1v) is 11.0. The van der Waals surface area contributed by atoms with Crippen molar-refractivity contribution in [2.24, 2.45) is 22.7 Å². The molecule has 0 spiro atoms. The van der Waals surface area contributed by atoms with E-state index in [1.807, 2.05) is 6.08 Å². The molecule has 7 unspecified atom stereocenters. The molecule has 29 heavy (non-hydrogen) atoms. The van der Waals surface area contributed by atoms with E-state index < -0.39 is 0 Å². The van der Waals surface area contributed by atoms with Crippen LogP contribution in [-0.4, -0.2) is 35.9 Å². The molecular weight excluding hydrogens is 368 g/mol. The largest absolute Gasteiger partial charge is 0.465 e. The van der Waals surface area contributed by atoms with Crippen molar-refractivity contribution in [1.82, 2.24) is 0 Å². The average Bonchev–Trinajstić information content (AvgIpc) is 2.62. The van der Waals surface area contributed by atoms with Gasteiger partial charge in [-0.15, -0.1) is 6.58 Å². The normalized spacial score (nSPS) is 46.8. The standard InChI is InChI=1S/C24H38O5/c1-8-22(5)13-9-19-23(6,29-22)14-10-18-21(4,15-27-16(2)25)12-11-20(24(18,19)7)28-17(3)26/h8,18-20H,1,9-15H2,2-7H3. The number of rotatable bonds is 4. The fourth-order valence-corrected chi connectivity index (χ4v) is 7.03. The van der Waals surface area contributed by atoms with Gasteiger partial charge in [0.2, 0.25) is 0 Å². The Morgan fingerprint density at radius 3 is 2.24 bits per heavy atom. The summed E-state index contributed by atoms with van der Waals surface area (Å²) < 4.78 is 18.2. The van der Waals surface area contributed by atoms with Crippen LogP contribution in [0.25, 0.3) is 0 Å². The summed E-state index contributed by atoms with van der Waals surface area (Å²) in [6.45, 7) is 16.3. The third-order valence-corrected chi connectivity index (χ3v) is 8.42. The van der Waals surface area contributed by atoms with Crippen molar-refractivity contribution in [3.8, 4) is 0 Å². The predicted molar refractivity (Wildman–Crippen MR) is 111 cm³/mol. The quantitative estimate of drug-likeness (QED) is 0.494. The molecule has 7 atom stereocenters. The van der Waals surface area contributed by atoms with Crippen LogP contribution in [0, 0.1) is 22.7 Å². The van der Waals surface area contributed by atoms with Gasteiger partial charge >= 0.3 is 11.9 Å². The van der Waals surface area contributed by atoms with Crippen molar-refractivity contribution < 1.29 is 23.8 Å². The zero-order chi connectivity index (χ0) is 21.7. The first kappa shape index (κ1) is 22.3. The Kier molecular flexibility index (Phi) is 5.70. The number of carbonyl (C=O) groups excluding carboxylic acids is 2. The van der Waals surface area contributed by atoms with Gasteiger partial charge in [-0.1, -0.05) is 19.9 Å². The summed E-state index contributed by atoms with van der Waals surface area (Å²) in [5.74, 6) is 0.0993. The number of hydrogen-bond acceptors (Lipinski definition) is 5. The lowest BCUT2D eigenvalue weighted by atomic mass is 9.43. The zero-order valence-electron chi connectivity index (χ0n) is 19.0. The smallest absolute Gasteiger partial charge is 0.302 e. The molecule has 2 saturated carbocycles. The third-order valence-electron chi connectivity index (χ3n) is 8.42. The monoisotopic (exact) mass is 406 g/mol. The van der Waals surface area contributed by atoms with E-state index in [0.29, 0.717) is 12.5 Å². The molecule has 0 aromatic heterocycles. The van der Waals surface area contributed by atoms with Gasteiger partial charge in [0.1, 0.15) is 6.10 Å². The number of fused-ring (bicyclic) bond motifs is 3. The van der Waals surface area contributed by atoms with Crippen molar-refractivity contribution in [3.63, 3.8) is 0 Å². The maximum Gasteiger partial charge on any atom is 0.302 e. The van der Waals surface area contributed by atoms with E-state index in [2.05, 4.69) is 34.3 Å². The van der Waals surface area contributed by atoms with Crippen LogP contribution in [0.3, 0.4) is 0 Å². The van der Waals surface area contributed by atoms with Crippen LogP contribution in [0.1, 0.15) is 80.1 Å². The van der Waals surface area contributed by atoms with Crippen molar-refractivity contribution in [2.45, 2.75) is 97.4 Å². The van der Waals surface area contributed by atoms with Crippen molar-refractivity contribution in [1.29, 1.82) is 0 Å². The Labute approximate surface area is 175 Å². The fourth-order valence-electron chi connectivity index (χ4n) is 7.03. The second-order valence-electron chi connectivity index (χ2n) is 10.6. The molecule has 0 aromatic carbocycles. The van der Waals surface area contributed by atoms with Crippen LogP contribution in [0.2, 0.25) is 0 Å². The SMILES string of the molecule is C=CC1(C)CCC2C(C)(CCC3C(C)(COC(C)=O)CCC(OC(C)=O)C32C)O1. The Morgan fingerprint density at radius 1 is 1.00 bits per heavy atom. The molecule has 0 aromatic rings. The molecule has 5 heteroatoms. The molecule has 2 aliphatic carbocycles. The lowest BCUT2D eigenvalue weighted by Crippen LogP contribution is -2.67. The molecule has 3 rings (SSSR count). The predicted octanol–water partition coefficient (Wildman–Crippen LogP) is 4.83. The summed E-state index contributed by atoms with van der Waals surface area (Å²) in [4.78, 5) is 23.5. The second kappa shape index (κ2) is 7.40. The summed E-state index contributed by atoms with van der Waals surface area (Å²) in [5.41, 5.74) is -0.961. The minimum Gasteiger partial charge on any atom is -0.465 e. The van der Waals surface area contributed by atoms with Gasteiger partial charge in [-0.25, -0.2) is 0 Å². The molecule has 1 heterocycles. The molecule has 3 fully saturated rings. The topological polar surface area (TPSA) is 61.8 Å². The molecular formula is C24H38O5. The molecule has 0 radical (unpaired) electrons. The van der Waals surface area contributed by atoms with E-state index in [-0.39, 0.29) is 46.0 Å². The fraction of sp³-hybridized carbons (Fsp3) is 0.833. The van der Waals surface area contributed by atoms with Gasteiger partial charge in [0.15, 0.2) is 0 Å². The maximum atomic E-state index is 12.0. The summed E-state index contributed by atoms with van der Waals surface area (Å²) in [5, 5.41) is 0. The average molecular weight is 407 g/mol. The first-order chi connectivity index (χ1) is 13.4. The summed E-state index contributed by atoms with van der Waals surface area (Å²) >= 11 is 0. The minimum absolute atomic E-state index is 0.127. The highest BCUT2D eigenvalue weighted by atomic mass is 16.5. The van der Waals surface area contributed by atoms with Gasteiger partial charge in [-0.3, -0.25) is 9.59 Å². The van der Waals surface area contributed by atoms with Gasteiger partial charge in [0.25, 0.3) is 0 Å². The molecule has 1 saturated heterocycles. The lowest BCUT2D eigenvalue weighted by molar-refractivity contribution is -0.280. The van der Waals surface area contributed by atoms with E-state index >= 15 is 0 Å². The number of esters is 2. The second-order valence-corrected chi connectivity index (χ2v) is 10.6. The number of ether oxygens (including phenoxy) is 3. The van der Waals surface area contributed by atoms with E-state index in [0.717, 1.165) is 38.5 Å². The molecule has 0 amide bonds. The molecule has 3 aliphatic rings. The summed E-state index contributed by atoms with van der Waals surface area (Å²) in [6, 6.07) is 0. The number of carbonyl (C=O) groups is 2. The highest BCUT2D eigenvalue weighted by Gasteiger charge is 2.66. The Balaban J connectivity index is 2.00. The van der Waals surface area contributed by atoms with Crippen LogP contribution in [0.15, 0.2) is 12.7 Å². The molecule has 0 bridgehead atoms. The van der Waals surface area contributed by atoms with Crippen LogP contribution in [0.5, 0.6) is 0 Å². The lowest BCUT2D eigenvalue weighted by Gasteiger charge is -2.66. The van der Waals surface area contributed by atoms with E-state index in [4.69, 9.17) is 14.2 Å². The Bertz CT molecular complexity index is 689. The van der Waals surface area contributed by atoms with Gasteiger partial charge in [0, 0.05) is 24.7 Å².